The number of para-hydroxylation sites is 1. The number of nitrogens with zero attached hydrogens (tertiary/aromatic N) is 1. The van der Waals surface area contributed by atoms with Crippen molar-refractivity contribution in [2.45, 2.75) is 39.2 Å². The molecule has 0 heterocycles. The molecule has 0 atom stereocenters. The summed E-state index contributed by atoms with van der Waals surface area (Å²) < 4.78 is 0. The number of nitrogens with two attached hydrogens (primary N) is 1. The lowest BCUT2D eigenvalue weighted by atomic mass is 10.1. The van der Waals surface area contributed by atoms with Crippen LogP contribution in [0, 0.1) is 6.92 Å². The van der Waals surface area contributed by atoms with Crippen LogP contribution < -0.4 is 16.4 Å². The van der Waals surface area contributed by atoms with Gasteiger partial charge < -0.3 is 16.4 Å². The molecule has 0 unspecified atom stereocenters. The van der Waals surface area contributed by atoms with Gasteiger partial charge in [-0.3, -0.25) is 0 Å². The first kappa shape index (κ1) is 15.5. The second-order valence-corrected chi connectivity index (χ2v) is 5.56. The van der Waals surface area contributed by atoms with Gasteiger partial charge in [0.1, 0.15) is 0 Å². The number of hydrogen-bond donors (Lipinski definition) is 3. The van der Waals surface area contributed by atoms with Crippen LogP contribution in [-0.2, 0) is 6.42 Å². The molecule has 5 heteroatoms. The third-order valence-corrected chi connectivity index (χ3v) is 3.76. The molecule has 4 N–H and O–H groups in total. The van der Waals surface area contributed by atoms with Crippen molar-refractivity contribution in [3.05, 3.63) is 41.5 Å². The third-order valence-electron chi connectivity index (χ3n) is 3.55. The Bertz CT molecular complexity index is 570. The van der Waals surface area contributed by atoms with Crippen LogP contribution in [0.4, 0.5) is 5.69 Å². The molecule has 4 nitrogen and oxygen atoms in total. The van der Waals surface area contributed by atoms with Gasteiger partial charge in [-0.1, -0.05) is 37.3 Å². The van der Waals surface area contributed by atoms with Crippen LogP contribution in [0.2, 0.25) is 0 Å². The molecule has 0 radical (unpaired) electrons. The molecule has 1 aromatic carbocycles. The van der Waals surface area contributed by atoms with Crippen molar-refractivity contribution in [1.82, 2.24) is 5.32 Å². The van der Waals surface area contributed by atoms with E-state index in [-0.39, 0.29) is 0 Å². The fraction of sp³-hybridized carbons (Fsp3) is 0.375. The Balaban J connectivity index is 2.01. The molecule has 112 valence electrons. The monoisotopic (exact) mass is 302 g/mol. The average Bonchev–Trinajstić information content (AvgIpc) is 2.93. The van der Waals surface area contributed by atoms with Gasteiger partial charge in [0.2, 0.25) is 5.96 Å². The van der Waals surface area contributed by atoms with Crippen LogP contribution >= 0.6 is 12.2 Å². The van der Waals surface area contributed by atoms with E-state index in [1.165, 1.54) is 5.56 Å². The number of hydrogen-bond acceptors (Lipinski definition) is 1. The first-order chi connectivity index (χ1) is 10.1. The maximum atomic E-state index is 5.97. The zero-order valence-electron chi connectivity index (χ0n) is 12.5. The molecule has 1 aliphatic carbocycles. The summed E-state index contributed by atoms with van der Waals surface area (Å²) in [5.41, 5.74) is 9.35. The smallest absolute Gasteiger partial charge is 0.200 e. The van der Waals surface area contributed by atoms with Gasteiger partial charge >= 0.3 is 0 Å². The fourth-order valence-electron chi connectivity index (χ4n) is 2.41. The van der Waals surface area contributed by atoms with Crippen LogP contribution in [0.25, 0.3) is 0 Å². The zero-order valence-corrected chi connectivity index (χ0v) is 13.3. The second-order valence-electron chi connectivity index (χ2n) is 5.17. The molecule has 0 aliphatic heterocycles. The lowest BCUT2D eigenvalue weighted by Crippen LogP contribution is -2.33. The van der Waals surface area contributed by atoms with Gasteiger partial charge in [0.25, 0.3) is 0 Å². The highest BCUT2D eigenvalue weighted by molar-refractivity contribution is 7.80. The van der Waals surface area contributed by atoms with Crippen molar-refractivity contribution in [3.63, 3.8) is 0 Å². The van der Waals surface area contributed by atoms with Crippen molar-refractivity contribution in [1.29, 1.82) is 0 Å². The number of rotatable bonds is 3. The highest BCUT2D eigenvalue weighted by Crippen LogP contribution is 2.20. The Labute approximate surface area is 131 Å². The van der Waals surface area contributed by atoms with Gasteiger partial charge in [-0.05, 0) is 49.5 Å². The van der Waals surface area contributed by atoms with Crippen LogP contribution in [0.15, 0.2) is 35.3 Å². The number of thiocarbonyl (C=S) groups is 1. The summed E-state index contributed by atoms with van der Waals surface area (Å²) in [4.78, 5) is 4.23. The zero-order chi connectivity index (χ0) is 15.2. The molecule has 21 heavy (non-hydrogen) atoms. The van der Waals surface area contributed by atoms with Gasteiger partial charge in [0, 0.05) is 11.7 Å². The normalized spacial score (nSPS) is 15.2. The maximum Gasteiger partial charge on any atom is 0.200 e. The molecule has 2 rings (SSSR count). The van der Waals surface area contributed by atoms with Crippen molar-refractivity contribution in [3.8, 4) is 0 Å². The highest BCUT2D eigenvalue weighted by Gasteiger charge is 2.11. The van der Waals surface area contributed by atoms with E-state index in [9.17, 15) is 0 Å². The Kier molecular flexibility index (Phi) is 5.33. The summed E-state index contributed by atoms with van der Waals surface area (Å²) >= 11 is 5.23. The van der Waals surface area contributed by atoms with E-state index in [0.717, 1.165) is 30.5 Å². The van der Waals surface area contributed by atoms with Gasteiger partial charge in [0.15, 0.2) is 5.11 Å². The second kappa shape index (κ2) is 7.22. The predicted molar refractivity (Wildman–Crippen MR) is 93.7 cm³/mol. The summed E-state index contributed by atoms with van der Waals surface area (Å²) in [6.07, 6.45) is 7.20. The minimum absolute atomic E-state index is 0.322. The number of nitrogens with one attached hydrogen (secondary N) is 2. The molecule has 0 fully saturated rings. The third kappa shape index (κ3) is 4.29. The van der Waals surface area contributed by atoms with Crippen molar-refractivity contribution in [2.24, 2.45) is 10.7 Å². The van der Waals surface area contributed by atoms with E-state index in [2.05, 4.69) is 53.8 Å². The average molecular weight is 302 g/mol. The highest BCUT2D eigenvalue weighted by atomic mass is 32.1. The maximum absolute atomic E-state index is 5.97. The number of anilines is 1. The number of benzene rings is 1. The number of aliphatic imine (C=N–C) groups is 1. The molecule has 0 spiro atoms. The quantitative estimate of drug-likeness (QED) is 0.348. The molecular formula is C16H22N4S. The van der Waals surface area contributed by atoms with E-state index in [0.29, 0.717) is 17.1 Å². The Morgan fingerprint density at radius 3 is 2.76 bits per heavy atom. The standard InChI is InChI=1S/C16H22N4S/c1-3-12-8-6-7-11(2)14(12)19-15(17)20-16(21)18-13-9-4-5-10-13/h4-8,13H,3,9-10H2,1-2H3,(H4,17,18,19,20,21). The van der Waals surface area contributed by atoms with Gasteiger partial charge in [-0.15, -0.1) is 0 Å². The predicted octanol–water partition coefficient (Wildman–Crippen LogP) is 2.88. The van der Waals surface area contributed by atoms with Crippen LogP contribution in [-0.4, -0.2) is 17.1 Å². The van der Waals surface area contributed by atoms with E-state index >= 15 is 0 Å². The van der Waals surface area contributed by atoms with E-state index in [1.807, 2.05) is 6.07 Å². The van der Waals surface area contributed by atoms with Crippen molar-refractivity contribution >= 4 is 29.0 Å². The van der Waals surface area contributed by atoms with Crippen LogP contribution in [0.3, 0.4) is 0 Å². The minimum atomic E-state index is 0.322. The Hall–Kier alpha value is -1.88. The van der Waals surface area contributed by atoms with E-state index in [1.54, 1.807) is 0 Å². The van der Waals surface area contributed by atoms with E-state index < -0.39 is 0 Å². The lowest BCUT2D eigenvalue weighted by Gasteiger charge is -2.15. The van der Waals surface area contributed by atoms with Gasteiger partial charge in [-0.25, -0.2) is 0 Å². The number of aryl methyl sites for hydroxylation is 2. The Morgan fingerprint density at radius 1 is 1.38 bits per heavy atom. The molecule has 0 saturated heterocycles. The summed E-state index contributed by atoms with van der Waals surface area (Å²) in [5, 5.41) is 6.80. The largest absolute Gasteiger partial charge is 0.369 e. The molecule has 0 saturated carbocycles. The fourth-order valence-corrected chi connectivity index (χ4v) is 2.67. The minimum Gasteiger partial charge on any atom is -0.369 e. The lowest BCUT2D eigenvalue weighted by molar-refractivity contribution is 0.655. The molecule has 0 aromatic heterocycles. The van der Waals surface area contributed by atoms with E-state index in [4.69, 9.17) is 18.0 Å². The molecule has 0 amide bonds. The van der Waals surface area contributed by atoms with Crippen molar-refractivity contribution < 1.29 is 0 Å². The topological polar surface area (TPSA) is 62.4 Å². The molecular weight excluding hydrogens is 280 g/mol. The summed E-state index contributed by atoms with van der Waals surface area (Å²) in [6, 6.07) is 6.53. The molecule has 0 bridgehead atoms. The van der Waals surface area contributed by atoms with Crippen molar-refractivity contribution in [2.75, 3.05) is 5.32 Å². The molecule has 1 aliphatic rings. The summed E-state index contributed by atoms with van der Waals surface area (Å²) in [6.45, 7) is 4.17. The van der Waals surface area contributed by atoms with Gasteiger partial charge in [-0.2, -0.15) is 4.99 Å². The van der Waals surface area contributed by atoms with Gasteiger partial charge in [0.05, 0.1) is 0 Å². The van der Waals surface area contributed by atoms with Crippen LogP contribution in [0.5, 0.6) is 0 Å². The SMILES string of the molecule is CCc1cccc(C)c1NC(N)=NC(=S)NC1CC=CC1. The summed E-state index contributed by atoms with van der Waals surface area (Å²) in [5.74, 6) is 0.322. The molecule has 1 aromatic rings. The van der Waals surface area contributed by atoms with Crippen LogP contribution in [0.1, 0.15) is 30.9 Å². The Morgan fingerprint density at radius 2 is 2.10 bits per heavy atom. The first-order valence-corrected chi connectivity index (χ1v) is 7.66. The number of guanidine groups is 1. The summed E-state index contributed by atoms with van der Waals surface area (Å²) in [7, 11) is 0. The first-order valence-electron chi connectivity index (χ1n) is 7.25.